The molecule has 2 aromatic heterocycles. The molecule has 0 aliphatic carbocycles. The van der Waals surface area contributed by atoms with Crippen LogP contribution in [0.2, 0.25) is 0 Å². The van der Waals surface area contributed by atoms with E-state index in [-0.39, 0.29) is 18.4 Å². The second kappa shape index (κ2) is 6.51. The van der Waals surface area contributed by atoms with Crippen LogP contribution < -0.4 is 0 Å². The van der Waals surface area contributed by atoms with Gasteiger partial charge in [-0.25, -0.2) is 0 Å². The smallest absolute Gasteiger partial charge is 0.229 e. The molecule has 4 rings (SSSR count). The van der Waals surface area contributed by atoms with Crippen LogP contribution in [0.4, 0.5) is 0 Å². The lowest BCUT2D eigenvalue weighted by molar-refractivity contribution is -0.131. The first kappa shape index (κ1) is 15.6. The van der Waals surface area contributed by atoms with Gasteiger partial charge in [0, 0.05) is 25.4 Å². The van der Waals surface area contributed by atoms with Crippen LogP contribution in [-0.4, -0.2) is 42.1 Å². The van der Waals surface area contributed by atoms with Crippen LogP contribution in [0.15, 0.2) is 48.9 Å². The summed E-state index contributed by atoms with van der Waals surface area (Å²) in [6, 6.07) is 9.81. The molecule has 1 aliphatic heterocycles. The molecule has 3 aromatic rings. The van der Waals surface area contributed by atoms with Crippen molar-refractivity contribution in [2.24, 2.45) is 7.05 Å². The van der Waals surface area contributed by atoms with Crippen LogP contribution in [0.3, 0.4) is 0 Å². The number of nitrogens with zero attached hydrogens (tertiary/aromatic N) is 6. The number of carbonyl (C=O) groups is 1. The number of benzene rings is 1. The van der Waals surface area contributed by atoms with Gasteiger partial charge >= 0.3 is 0 Å². The zero-order valence-corrected chi connectivity index (χ0v) is 14.1. The second-order valence-electron chi connectivity index (χ2n) is 6.33. The molecule has 25 heavy (non-hydrogen) atoms. The SMILES string of the molecule is Cn1cc(C2CCCN2C(=O)Cc2cnn(-c3ccccc3)n2)cn1. The fourth-order valence-corrected chi connectivity index (χ4v) is 3.34. The fraction of sp³-hybridized carbons (Fsp3) is 0.333. The summed E-state index contributed by atoms with van der Waals surface area (Å²) in [6.07, 6.45) is 7.77. The van der Waals surface area contributed by atoms with Gasteiger partial charge in [-0.2, -0.15) is 20.1 Å². The van der Waals surface area contributed by atoms with Gasteiger partial charge in [0.25, 0.3) is 0 Å². The summed E-state index contributed by atoms with van der Waals surface area (Å²) in [5.41, 5.74) is 2.67. The quantitative estimate of drug-likeness (QED) is 0.730. The van der Waals surface area contributed by atoms with E-state index in [2.05, 4.69) is 15.3 Å². The Labute approximate surface area is 145 Å². The van der Waals surface area contributed by atoms with Crippen molar-refractivity contribution in [1.82, 2.24) is 29.7 Å². The monoisotopic (exact) mass is 336 g/mol. The van der Waals surface area contributed by atoms with Crippen LogP contribution in [-0.2, 0) is 18.3 Å². The molecule has 3 heterocycles. The van der Waals surface area contributed by atoms with Crippen LogP contribution in [0.1, 0.15) is 30.1 Å². The summed E-state index contributed by atoms with van der Waals surface area (Å²) in [6.45, 7) is 0.783. The molecule has 0 spiro atoms. The lowest BCUT2D eigenvalue weighted by atomic mass is 10.1. The Morgan fingerprint density at radius 3 is 2.80 bits per heavy atom. The molecule has 0 radical (unpaired) electrons. The lowest BCUT2D eigenvalue weighted by Gasteiger charge is -2.23. The minimum Gasteiger partial charge on any atom is -0.335 e. The summed E-state index contributed by atoms with van der Waals surface area (Å²) in [4.78, 5) is 16.3. The number of likely N-dealkylation sites (tertiary alicyclic amines) is 1. The van der Waals surface area contributed by atoms with Crippen LogP contribution in [0.5, 0.6) is 0 Å². The minimum atomic E-state index is 0.0893. The molecule has 1 saturated heterocycles. The molecule has 7 nitrogen and oxygen atoms in total. The first-order valence-corrected chi connectivity index (χ1v) is 8.45. The van der Waals surface area contributed by atoms with Crippen molar-refractivity contribution in [2.75, 3.05) is 6.54 Å². The Balaban J connectivity index is 1.47. The average Bonchev–Trinajstić information content (AvgIpc) is 3.35. The third-order valence-electron chi connectivity index (χ3n) is 4.54. The van der Waals surface area contributed by atoms with E-state index in [0.717, 1.165) is 30.6 Å². The Morgan fingerprint density at radius 2 is 2.04 bits per heavy atom. The van der Waals surface area contributed by atoms with Crippen molar-refractivity contribution >= 4 is 5.91 Å². The van der Waals surface area contributed by atoms with Crippen molar-refractivity contribution in [2.45, 2.75) is 25.3 Å². The molecule has 0 saturated carbocycles. The van der Waals surface area contributed by atoms with Gasteiger partial charge in [0.1, 0.15) is 0 Å². The van der Waals surface area contributed by atoms with E-state index in [4.69, 9.17) is 0 Å². The molecule has 1 unspecified atom stereocenters. The van der Waals surface area contributed by atoms with E-state index in [0.29, 0.717) is 5.69 Å². The van der Waals surface area contributed by atoms with Gasteiger partial charge in [0.2, 0.25) is 5.91 Å². The summed E-state index contributed by atoms with van der Waals surface area (Å²) in [7, 11) is 1.90. The molecule has 1 aliphatic rings. The molecule has 1 amide bonds. The fourth-order valence-electron chi connectivity index (χ4n) is 3.34. The highest BCUT2D eigenvalue weighted by Gasteiger charge is 2.31. The summed E-state index contributed by atoms with van der Waals surface area (Å²) in [5.74, 6) is 0.0893. The van der Waals surface area contributed by atoms with Gasteiger partial charge in [-0.3, -0.25) is 9.48 Å². The zero-order valence-electron chi connectivity index (χ0n) is 14.1. The van der Waals surface area contributed by atoms with Crippen molar-refractivity contribution in [3.8, 4) is 5.69 Å². The maximum Gasteiger partial charge on any atom is 0.229 e. The minimum absolute atomic E-state index is 0.0893. The molecule has 7 heteroatoms. The lowest BCUT2D eigenvalue weighted by Crippen LogP contribution is -2.31. The summed E-state index contributed by atoms with van der Waals surface area (Å²) >= 11 is 0. The van der Waals surface area contributed by atoms with E-state index in [9.17, 15) is 4.79 Å². The number of rotatable bonds is 4. The summed E-state index contributed by atoms with van der Waals surface area (Å²) in [5, 5.41) is 12.9. The van der Waals surface area contributed by atoms with Gasteiger partial charge in [-0.05, 0) is 25.0 Å². The van der Waals surface area contributed by atoms with E-state index in [1.54, 1.807) is 15.7 Å². The largest absolute Gasteiger partial charge is 0.335 e. The first-order chi connectivity index (χ1) is 12.2. The van der Waals surface area contributed by atoms with Gasteiger partial charge in [0.15, 0.2) is 0 Å². The average molecular weight is 336 g/mol. The standard InChI is InChI=1S/C18H20N6O/c1-22-13-14(11-19-22)17-8-5-9-23(17)18(25)10-15-12-20-24(21-15)16-6-3-2-4-7-16/h2-4,6-7,11-13,17H,5,8-10H2,1H3. The number of aromatic nitrogens is 5. The van der Waals surface area contributed by atoms with Crippen molar-refractivity contribution in [3.63, 3.8) is 0 Å². The highest BCUT2D eigenvalue weighted by atomic mass is 16.2. The van der Waals surface area contributed by atoms with E-state index in [1.807, 2.05) is 54.7 Å². The van der Waals surface area contributed by atoms with Crippen molar-refractivity contribution in [3.05, 3.63) is 60.2 Å². The number of hydrogen-bond donors (Lipinski definition) is 0. The predicted molar refractivity (Wildman–Crippen MR) is 92.0 cm³/mol. The molecule has 1 aromatic carbocycles. The Morgan fingerprint density at radius 1 is 1.20 bits per heavy atom. The number of para-hydroxylation sites is 1. The van der Waals surface area contributed by atoms with E-state index >= 15 is 0 Å². The summed E-state index contributed by atoms with van der Waals surface area (Å²) < 4.78 is 1.78. The third kappa shape index (κ3) is 3.17. The molecule has 1 fully saturated rings. The third-order valence-corrected chi connectivity index (χ3v) is 4.54. The number of aryl methyl sites for hydroxylation is 1. The highest BCUT2D eigenvalue weighted by Crippen LogP contribution is 2.31. The van der Waals surface area contributed by atoms with Crippen LogP contribution >= 0.6 is 0 Å². The number of carbonyl (C=O) groups excluding carboxylic acids is 1. The molecule has 1 atom stereocenters. The maximum absolute atomic E-state index is 12.8. The number of hydrogen-bond acceptors (Lipinski definition) is 4. The number of amides is 1. The maximum atomic E-state index is 12.8. The molecule has 0 N–H and O–H groups in total. The Hall–Kier alpha value is -2.96. The van der Waals surface area contributed by atoms with E-state index in [1.165, 1.54) is 0 Å². The van der Waals surface area contributed by atoms with Gasteiger partial charge in [-0.15, -0.1) is 0 Å². The first-order valence-electron chi connectivity index (χ1n) is 8.45. The van der Waals surface area contributed by atoms with Gasteiger partial charge in [0.05, 0.1) is 36.2 Å². The molecular weight excluding hydrogens is 316 g/mol. The normalized spacial score (nSPS) is 17.2. The highest BCUT2D eigenvalue weighted by molar-refractivity contribution is 5.79. The van der Waals surface area contributed by atoms with Crippen LogP contribution in [0, 0.1) is 0 Å². The molecular formula is C18H20N6O. The predicted octanol–water partition coefficient (Wildman–Crippen LogP) is 1.91. The van der Waals surface area contributed by atoms with Crippen LogP contribution in [0.25, 0.3) is 5.69 Å². The Kier molecular flexibility index (Phi) is 4.05. The van der Waals surface area contributed by atoms with Gasteiger partial charge in [-0.1, -0.05) is 18.2 Å². The Bertz CT molecular complexity index is 869. The molecule has 0 bridgehead atoms. The van der Waals surface area contributed by atoms with Gasteiger partial charge < -0.3 is 4.90 Å². The topological polar surface area (TPSA) is 68.8 Å². The van der Waals surface area contributed by atoms with Crippen molar-refractivity contribution < 1.29 is 4.79 Å². The second-order valence-corrected chi connectivity index (χ2v) is 6.33. The van der Waals surface area contributed by atoms with E-state index < -0.39 is 0 Å². The van der Waals surface area contributed by atoms with Crippen molar-refractivity contribution in [1.29, 1.82) is 0 Å². The molecule has 128 valence electrons. The zero-order chi connectivity index (χ0) is 17.2.